The fourth-order valence-electron chi connectivity index (χ4n) is 2.85. The van der Waals surface area contributed by atoms with Gasteiger partial charge in [0, 0.05) is 6.54 Å². The smallest absolute Gasteiger partial charge is 0.226 e. The minimum Gasteiger partial charge on any atom is -0.477 e. The van der Waals surface area contributed by atoms with E-state index in [9.17, 15) is 0 Å². The zero-order valence-electron chi connectivity index (χ0n) is 12.6. The summed E-state index contributed by atoms with van der Waals surface area (Å²) in [5.41, 5.74) is 0.938. The summed E-state index contributed by atoms with van der Waals surface area (Å²) in [4.78, 5) is 9.11. The van der Waals surface area contributed by atoms with Gasteiger partial charge in [-0.25, -0.2) is 4.98 Å². The van der Waals surface area contributed by atoms with E-state index in [1.807, 2.05) is 24.3 Å². The number of ether oxygens (including phenoxy) is 1. The second-order valence-corrected chi connectivity index (χ2v) is 5.76. The van der Waals surface area contributed by atoms with Crippen molar-refractivity contribution in [3.05, 3.63) is 24.3 Å². The molecule has 1 aliphatic rings. The standard InChI is InChI=1S/C17H23N3O/c1-2-11-18-17-19-15-10-6-5-9-14(15)16(20-17)21-12-13-7-3-4-8-13/h5-6,9-10,13H,2-4,7-8,11-12H2,1H3,(H,18,19,20). The van der Waals surface area contributed by atoms with E-state index in [-0.39, 0.29) is 0 Å². The van der Waals surface area contributed by atoms with Gasteiger partial charge in [0.2, 0.25) is 11.8 Å². The summed E-state index contributed by atoms with van der Waals surface area (Å²) >= 11 is 0. The van der Waals surface area contributed by atoms with Gasteiger partial charge in [0.05, 0.1) is 17.5 Å². The Bertz CT molecular complexity index is 594. The maximum Gasteiger partial charge on any atom is 0.226 e. The summed E-state index contributed by atoms with van der Waals surface area (Å²) in [6.45, 7) is 3.78. The fourth-order valence-corrected chi connectivity index (χ4v) is 2.85. The summed E-state index contributed by atoms with van der Waals surface area (Å²) in [6, 6.07) is 8.05. The van der Waals surface area contributed by atoms with Crippen molar-refractivity contribution in [3.63, 3.8) is 0 Å². The molecule has 0 amide bonds. The van der Waals surface area contributed by atoms with Gasteiger partial charge in [-0.15, -0.1) is 0 Å². The number of rotatable bonds is 6. The lowest BCUT2D eigenvalue weighted by molar-refractivity contribution is 0.246. The third-order valence-electron chi connectivity index (χ3n) is 4.03. The van der Waals surface area contributed by atoms with Gasteiger partial charge in [0.1, 0.15) is 0 Å². The summed E-state index contributed by atoms with van der Waals surface area (Å²) in [6.07, 6.45) is 6.28. The summed E-state index contributed by atoms with van der Waals surface area (Å²) in [7, 11) is 0. The zero-order valence-corrected chi connectivity index (χ0v) is 12.6. The van der Waals surface area contributed by atoms with Crippen LogP contribution in [-0.2, 0) is 0 Å². The Balaban J connectivity index is 1.82. The van der Waals surface area contributed by atoms with E-state index >= 15 is 0 Å². The SMILES string of the molecule is CCCNc1nc(OCC2CCCC2)c2ccccc2n1. The minimum absolute atomic E-state index is 0.664. The molecular formula is C17H23N3O. The van der Waals surface area contributed by atoms with Gasteiger partial charge in [-0.1, -0.05) is 31.9 Å². The lowest BCUT2D eigenvalue weighted by Gasteiger charge is -2.13. The van der Waals surface area contributed by atoms with Crippen LogP contribution in [0.4, 0.5) is 5.95 Å². The second-order valence-electron chi connectivity index (χ2n) is 5.76. The highest BCUT2D eigenvalue weighted by molar-refractivity contribution is 5.84. The lowest BCUT2D eigenvalue weighted by Crippen LogP contribution is -2.11. The van der Waals surface area contributed by atoms with Gasteiger partial charge < -0.3 is 10.1 Å². The first kappa shape index (κ1) is 14.1. The molecule has 1 N–H and O–H groups in total. The number of anilines is 1. The van der Waals surface area contributed by atoms with E-state index < -0.39 is 0 Å². The maximum atomic E-state index is 6.03. The topological polar surface area (TPSA) is 47.0 Å². The van der Waals surface area contributed by atoms with Crippen LogP contribution in [0, 0.1) is 5.92 Å². The summed E-state index contributed by atoms with van der Waals surface area (Å²) in [5, 5.41) is 4.25. The molecule has 4 heteroatoms. The van der Waals surface area contributed by atoms with Crippen LogP contribution in [0.1, 0.15) is 39.0 Å². The molecule has 0 aliphatic heterocycles. The normalized spacial score (nSPS) is 15.5. The zero-order chi connectivity index (χ0) is 14.5. The first-order valence-electron chi connectivity index (χ1n) is 8.00. The number of aromatic nitrogens is 2. The second kappa shape index (κ2) is 6.74. The van der Waals surface area contributed by atoms with E-state index in [1.54, 1.807) is 0 Å². The molecule has 1 fully saturated rings. The lowest BCUT2D eigenvalue weighted by atomic mass is 10.1. The van der Waals surface area contributed by atoms with Gasteiger partial charge in [0.25, 0.3) is 0 Å². The van der Waals surface area contributed by atoms with Gasteiger partial charge in [-0.2, -0.15) is 4.98 Å². The molecule has 1 aliphatic carbocycles. The van der Waals surface area contributed by atoms with E-state index in [1.165, 1.54) is 25.7 Å². The van der Waals surface area contributed by atoms with Crippen molar-refractivity contribution in [2.24, 2.45) is 5.92 Å². The first-order chi connectivity index (χ1) is 10.4. The van der Waals surface area contributed by atoms with Crippen LogP contribution in [0.25, 0.3) is 10.9 Å². The van der Waals surface area contributed by atoms with E-state index in [0.29, 0.717) is 17.7 Å². The van der Waals surface area contributed by atoms with Crippen LogP contribution >= 0.6 is 0 Å². The summed E-state index contributed by atoms with van der Waals surface area (Å²) in [5.74, 6) is 2.06. The van der Waals surface area contributed by atoms with Crippen LogP contribution in [0.5, 0.6) is 5.88 Å². The van der Waals surface area contributed by atoms with Gasteiger partial charge >= 0.3 is 0 Å². The molecular weight excluding hydrogens is 262 g/mol. The first-order valence-corrected chi connectivity index (χ1v) is 8.00. The monoisotopic (exact) mass is 285 g/mol. The number of fused-ring (bicyclic) bond motifs is 1. The highest BCUT2D eigenvalue weighted by Gasteiger charge is 2.17. The van der Waals surface area contributed by atoms with Crippen LogP contribution in [0.2, 0.25) is 0 Å². The number of hydrogen-bond acceptors (Lipinski definition) is 4. The van der Waals surface area contributed by atoms with Crippen molar-refractivity contribution in [1.82, 2.24) is 9.97 Å². The van der Waals surface area contributed by atoms with Gasteiger partial charge in [0.15, 0.2) is 0 Å². The number of nitrogens with zero attached hydrogens (tertiary/aromatic N) is 2. The van der Waals surface area contributed by atoms with Crippen LogP contribution in [0.3, 0.4) is 0 Å². The fraction of sp³-hybridized carbons (Fsp3) is 0.529. The van der Waals surface area contributed by atoms with E-state index in [2.05, 4.69) is 22.2 Å². The molecule has 2 aromatic rings. The molecule has 0 bridgehead atoms. The highest BCUT2D eigenvalue weighted by atomic mass is 16.5. The van der Waals surface area contributed by atoms with Gasteiger partial charge in [-0.3, -0.25) is 0 Å². The predicted molar refractivity (Wildman–Crippen MR) is 85.8 cm³/mol. The quantitative estimate of drug-likeness (QED) is 0.870. The molecule has 1 aromatic carbocycles. The Morgan fingerprint density at radius 3 is 2.81 bits per heavy atom. The molecule has 0 saturated heterocycles. The highest BCUT2D eigenvalue weighted by Crippen LogP contribution is 2.28. The molecule has 0 radical (unpaired) electrons. The molecule has 1 aromatic heterocycles. The molecule has 0 atom stereocenters. The summed E-state index contributed by atoms with van der Waals surface area (Å²) < 4.78 is 6.03. The Morgan fingerprint density at radius 2 is 2.00 bits per heavy atom. The van der Waals surface area contributed by atoms with Crippen molar-refractivity contribution >= 4 is 16.9 Å². The predicted octanol–water partition coefficient (Wildman–Crippen LogP) is 4.02. The Labute approximate surface area is 125 Å². The van der Waals surface area contributed by atoms with Crippen molar-refractivity contribution in [1.29, 1.82) is 0 Å². The van der Waals surface area contributed by atoms with Crippen molar-refractivity contribution in [2.45, 2.75) is 39.0 Å². The maximum absolute atomic E-state index is 6.03. The Kier molecular flexibility index (Phi) is 4.53. The Morgan fingerprint density at radius 1 is 1.19 bits per heavy atom. The number of para-hydroxylation sites is 1. The largest absolute Gasteiger partial charge is 0.477 e. The molecule has 21 heavy (non-hydrogen) atoms. The van der Waals surface area contributed by atoms with Crippen LogP contribution in [-0.4, -0.2) is 23.1 Å². The van der Waals surface area contributed by atoms with Crippen molar-refractivity contribution in [3.8, 4) is 5.88 Å². The van der Waals surface area contributed by atoms with Crippen molar-refractivity contribution in [2.75, 3.05) is 18.5 Å². The average Bonchev–Trinajstić information content (AvgIpc) is 3.04. The molecule has 112 valence electrons. The average molecular weight is 285 g/mol. The van der Waals surface area contributed by atoms with Crippen LogP contribution in [0.15, 0.2) is 24.3 Å². The third kappa shape index (κ3) is 3.43. The van der Waals surface area contributed by atoms with Crippen molar-refractivity contribution < 1.29 is 4.74 Å². The molecule has 1 saturated carbocycles. The molecule has 3 rings (SSSR count). The van der Waals surface area contributed by atoms with Gasteiger partial charge in [-0.05, 0) is 37.3 Å². The minimum atomic E-state index is 0.664. The van der Waals surface area contributed by atoms with Crippen LogP contribution < -0.4 is 10.1 Å². The molecule has 4 nitrogen and oxygen atoms in total. The van der Waals surface area contributed by atoms with E-state index in [0.717, 1.165) is 30.5 Å². The number of hydrogen-bond donors (Lipinski definition) is 1. The van der Waals surface area contributed by atoms with E-state index in [4.69, 9.17) is 4.74 Å². The number of benzene rings is 1. The third-order valence-corrected chi connectivity index (χ3v) is 4.03. The Hall–Kier alpha value is -1.84. The molecule has 0 spiro atoms. The molecule has 0 unspecified atom stereocenters. The molecule has 1 heterocycles. The number of nitrogens with one attached hydrogen (secondary N) is 1.